The minimum atomic E-state index is 0.205. The first kappa shape index (κ1) is 13.2. The van der Waals surface area contributed by atoms with Gasteiger partial charge in [-0.15, -0.1) is 6.58 Å². The molecular formula is C15H24N2O. The van der Waals surface area contributed by atoms with E-state index in [1.54, 1.807) is 11.0 Å². The lowest BCUT2D eigenvalue weighted by atomic mass is 9.94. The topological polar surface area (TPSA) is 23.6 Å². The molecule has 2 rings (SSSR count). The van der Waals surface area contributed by atoms with Crippen molar-refractivity contribution in [3.8, 4) is 0 Å². The van der Waals surface area contributed by atoms with E-state index in [2.05, 4.69) is 11.5 Å². The third-order valence-corrected chi connectivity index (χ3v) is 3.93. The van der Waals surface area contributed by atoms with Crippen molar-refractivity contribution in [3.63, 3.8) is 0 Å². The maximum Gasteiger partial charge on any atom is 0.251 e. The Morgan fingerprint density at radius 2 is 1.94 bits per heavy atom. The van der Waals surface area contributed by atoms with E-state index in [1.165, 1.54) is 25.0 Å². The molecule has 0 saturated carbocycles. The molecule has 18 heavy (non-hydrogen) atoms. The fourth-order valence-electron chi connectivity index (χ4n) is 2.96. The molecule has 0 spiro atoms. The van der Waals surface area contributed by atoms with Crippen molar-refractivity contribution in [2.75, 3.05) is 26.7 Å². The highest BCUT2D eigenvalue weighted by Crippen LogP contribution is 2.30. The third-order valence-electron chi connectivity index (χ3n) is 3.93. The lowest BCUT2D eigenvalue weighted by Crippen LogP contribution is -2.32. The SMILES string of the molecule is C=CCN(C)C(=O)C1=C(N2CCCC2)CCCC1. The standard InChI is InChI=1S/C15H24N2O/c1-3-10-16(2)15(18)13-8-4-5-9-14(13)17-11-6-7-12-17/h3H,1,4-12H2,2H3. The van der Waals surface area contributed by atoms with E-state index in [0.29, 0.717) is 6.54 Å². The van der Waals surface area contributed by atoms with E-state index in [9.17, 15) is 4.79 Å². The molecule has 0 atom stereocenters. The van der Waals surface area contributed by atoms with Gasteiger partial charge in [0.25, 0.3) is 5.91 Å². The zero-order valence-electron chi connectivity index (χ0n) is 11.5. The molecule has 1 aliphatic heterocycles. The number of nitrogens with zero attached hydrogens (tertiary/aromatic N) is 2. The summed E-state index contributed by atoms with van der Waals surface area (Å²) in [5.41, 5.74) is 2.40. The van der Waals surface area contributed by atoms with Crippen molar-refractivity contribution < 1.29 is 4.79 Å². The average Bonchev–Trinajstić information content (AvgIpc) is 2.92. The Balaban J connectivity index is 2.18. The summed E-state index contributed by atoms with van der Waals surface area (Å²) in [7, 11) is 1.87. The van der Waals surface area contributed by atoms with E-state index < -0.39 is 0 Å². The molecule has 2 aliphatic rings. The number of likely N-dealkylation sites (N-methyl/N-ethyl adjacent to an activating group) is 1. The van der Waals surface area contributed by atoms with Crippen LogP contribution in [0.3, 0.4) is 0 Å². The van der Waals surface area contributed by atoms with Crippen molar-refractivity contribution in [2.24, 2.45) is 0 Å². The van der Waals surface area contributed by atoms with Gasteiger partial charge in [-0.25, -0.2) is 0 Å². The van der Waals surface area contributed by atoms with Crippen LogP contribution < -0.4 is 0 Å². The maximum absolute atomic E-state index is 12.4. The Labute approximate surface area is 110 Å². The van der Waals surface area contributed by atoms with Gasteiger partial charge in [-0.3, -0.25) is 4.79 Å². The van der Waals surface area contributed by atoms with E-state index in [-0.39, 0.29) is 5.91 Å². The molecule has 100 valence electrons. The predicted molar refractivity (Wildman–Crippen MR) is 74.1 cm³/mol. The Morgan fingerprint density at radius 1 is 1.28 bits per heavy atom. The summed E-state index contributed by atoms with van der Waals surface area (Å²) in [6.07, 6.45) is 8.75. The molecule has 0 bridgehead atoms. The summed E-state index contributed by atoms with van der Waals surface area (Å²) >= 11 is 0. The Hall–Kier alpha value is -1.25. The highest BCUT2D eigenvalue weighted by Gasteiger charge is 2.26. The molecule has 0 unspecified atom stereocenters. The lowest BCUT2D eigenvalue weighted by molar-refractivity contribution is -0.125. The summed E-state index contributed by atoms with van der Waals surface area (Å²) < 4.78 is 0. The zero-order chi connectivity index (χ0) is 13.0. The fourth-order valence-corrected chi connectivity index (χ4v) is 2.96. The van der Waals surface area contributed by atoms with Crippen LogP contribution in [0.5, 0.6) is 0 Å². The van der Waals surface area contributed by atoms with E-state index in [4.69, 9.17) is 0 Å². The van der Waals surface area contributed by atoms with Crippen molar-refractivity contribution in [3.05, 3.63) is 23.9 Å². The predicted octanol–water partition coefficient (Wildman–Crippen LogP) is 2.55. The minimum Gasteiger partial charge on any atom is -0.374 e. The van der Waals surface area contributed by atoms with Crippen molar-refractivity contribution in [2.45, 2.75) is 38.5 Å². The highest BCUT2D eigenvalue weighted by atomic mass is 16.2. The van der Waals surface area contributed by atoms with Gasteiger partial charge in [0, 0.05) is 38.0 Å². The molecule has 1 saturated heterocycles. The maximum atomic E-state index is 12.4. The molecule has 0 N–H and O–H groups in total. The molecule has 0 aromatic rings. The van der Waals surface area contributed by atoms with Gasteiger partial charge in [0.15, 0.2) is 0 Å². The molecule has 0 aromatic carbocycles. The molecule has 1 amide bonds. The van der Waals surface area contributed by atoms with Crippen molar-refractivity contribution >= 4 is 5.91 Å². The smallest absolute Gasteiger partial charge is 0.251 e. The minimum absolute atomic E-state index is 0.205. The van der Waals surface area contributed by atoms with Gasteiger partial charge >= 0.3 is 0 Å². The van der Waals surface area contributed by atoms with Crippen LogP contribution in [0.15, 0.2) is 23.9 Å². The fraction of sp³-hybridized carbons (Fsp3) is 0.667. The molecule has 3 nitrogen and oxygen atoms in total. The number of likely N-dealkylation sites (tertiary alicyclic amines) is 1. The normalized spacial score (nSPS) is 20.2. The van der Waals surface area contributed by atoms with Crippen LogP contribution in [-0.4, -0.2) is 42.4 Å². The molecule has 0 aromatic heterocycles. The van der Waals surface area contributed by atoms with Crippen LogP contribution in [0.1, 0.15) is 38.5 Å². The van der Waals surface area contributed by atoms with Crippen LogP contribution in [0, 0.1) is 0 Å². The number of amides is 1. The molecule has 1 heterocycles. The second-order valence-corrected chi connectivity index (χ2v) is 5.30. The van der Waals surface area contributed by atoms with E-state index in [0.717, 1.165) is 37.9 Å². The Kier molecular flexibility index (Phi) is 4.45. The number of hydrogen-bond acceptors (Lipinski definition) is 2. The first-order chi connectivity index (χ1) is 8.74. The summed E-state index contributed by atoms with van der Waals surface area (Å²) in [5, 5.41) is 0. The Morgan fingerprint density at radius 3 is 2.61 bits per heavy atom. The van der Waals surface area contributed by atoms with E-state index in [1.807, 2.05) is 7.05 Å². The van der Waals surface area contributed by atoms with E-state index >= 15 is 0 Å². The average molecular weight is 248 g/mol. The first-order valence-electron chi connectivity index (χ1n) is 7.07. The van der Waals surface area contributed by atoms with Gasteiger partial charge in [-0.05, 0) is 38.5 Å². The van der Waals surface area contributed by atoms with Crippen molar-refractivity contribution in [1.29, 1.82) is 0 Å². The van der Waals surface area contributed by atoms with Gasteiger partial charge < -0.3 is 9.80 Å². The number of allylic oxidation sites excluding steroid dienone is 1. The number of hydrogen-bond donors (Lipinski definition) is 0. The lowest BCUT2D eigenvalue weighted by Gasteiger charge is -2.30. The second kappa shape index (κ2) is 6.07. The Bertz CT molecular complexity index is 354. The van der Waals surface area contributed by atoms with Crippen LogP contribution in [0.4, 0.5) is 0 Å². The number of carbonyl (C=O) groups excluding carboxylic acids is 1. The molecule has 1 aliphatic carbocycles. The van der Waals surface area contributed by atoms with Gasteiger partial charge in [0.05, 0.1) is 0 Å². The summed E-state index contributed by atoms with van der Waals surface area (Å²) in [6, 6.07) is 0. The molecular weight excluding hydrogens is 224 g/mol. The molecule has 3 heteroatoms. The van der Waals surface area contributed by atoms with Crippen LogP contribution in [0.2, 0.25) is 0 Å². The third kappa shape index (κ3) is 2.77. The first-order valence-corrected chi connectivity index (χ1v) is 7.07. The van der Waals surface area contributed by atoms with Crippen LogP contribution in [0.25, 0.3) is 0 Å². The quantitative estimate of drug-likeness (QED) is 0.714. The van der Waals surface area contributed by atoms with Crippen molar-refractivity contribution in [1.82, 2.24) is 9.80 Å². The van der Waals surface area contributed by atoms with Gasteiger partial charge in [0.1, 0.15) is 0 Å². The second-order valence-electron chi connectivity index (χ2n) is 5.30. The van der Waals surface area contributed by atoms with Gasteiger partial charge in [0.2, 0.25) is 0 Å². The highest BCUT2D eigenvalue weighted by molar-refractivity contribution is 5.94. The summed E-state index contributed by atoms with van der Waals surface area (Å²) in [4.78, 5) is 16.7. The zero-order valence-corrected chi connectivity index (χ0v) is 11.5. The van der Waals surface area contributed by atoms with Gasteiger partial charge in [-0.1, -0.05) is 6.08 Å². The largest absolute Gasteiger partial charge is 0.374 e. The number of rotatable bonds is 4. The summed E-state index contributed by atoms with van der Waals surface area (Å²) in [5.74, 6) is 0.205. The van der Waals surface area contributed by atoms with Crippen LogP contribution >= 0.6 is 0 Å². The molecule has 0 radical (unpaired) electrons. The van der Waals surface area contributed by atoms with Gasteiger partial charge in [-0.2, -0.15) is 0 Å². The molecule has 1 fully saturated rings. The number of carbonyl (C=O) groups is 1. The summed E-state index contributed by atoms with van der Waals surface area (Å²) in [6.45, 7) is 6.61. The van der Waals surface area contributed by atoms with Crippen LogP contribution in [-0.2, 0) is 4.79 Å². The monoisotopic (exact) mass is 248 g/mol.